The number of hydrogen-bond acceptors (Lipinski definition) is 6. The van der Waals surface area contributed by atoms with Crippen molar-refractivity contribution in [3.05, 3.63) is 36.0 Å². The van der Waals surface area contributed by atoms with Gasteiger partial charge in [0.15, 0.2) is 11.5 Å². The van der Waals surface area contributed by atoms with Gasteiger partial charge in [-0.3, -0.25) is 9.30 Å². The number of nitrogens with zero attached hydrogens (tertiary/aromatic N) is 8. The van der Waals surface area contributed by atoms with Crippen molar-refractivity contribution >= 4 is 5.65 Å². The van der Waals surface area contributed by atoms with Crippen LogP contribution in [0.3, 0.4) is 0 Å². The second-order valence-electron chi connectivity index (χ2n) is 6.36. The molecule has 1 fully saturated rings. The number of fused-ring (bicyclic) bond motifs is 1. The molecule has 0 N–H and O–H groups in total. The number of piperidine rings is 1. The molecule has 3 aromatic rings. The monoisotopic (exact) mass is 326 g/mol. The van der Waals surface area contributed by atoms with Gasteiger partial charge in [-0.1, -0.05) is 13.0 Å². The number of tetrazole rings is 1. The van der Waals surface area contributed by atoms with Crippen LogP contribution in [-0.2, 0) is 13.1 Å². The smallest absolute Gasteiger partial charge is 0.165 e. The molecule has 8 heteroatoms. The molecule has 4 heterocycles. The summed E-state index contributed by atoms with van der Waals surface area (Å²) in [4.78, 5) is 2.43. The van der Waals surface area contributed by atoms with Gasteiger partial charge in [-0.05, 0) is 54.9 Å². The van der Waals surface area contributed by atoms with E-state index in [-0.39, 0.29) is 0 Å². The van der Waals surface area contributed by atoms with Crippen LogP contribution < -0.4 is 0 Å². The standard InChI is InChI=1S/C16H22N8/c1-2-8-24-15(18-20-21-24)12-22-10-6-13(7-11-22)16-19-17-14-5-3-4-9-23(14)16/h3-5,9,13H,2,6-8,10-12H2,1H3. The van der Waals surface area contributed by atoms with Crippen LogP contribution in [-0.4, -0.2) is 52.8 Å². The summed E-state index contributed by atoms with van der Waals surface area (Å²) >= 11 is 0. The summed E-state index contributed by atoms with van der Waals surface area (Å²) in [6, 6.07) is 6.03. The molecule has 0 atom stereocenters. The van der Waals surface area contributed by atoms with Crippen LogP contribution in [0.25, 0.3) is 5.65 Å². The molecule has 0 unspecified atom stereocenters. The average Bonchev–Trinajstić information content (AvgIpc) is 3.23. The van der Waals surface area contributed by atoms with E-state index < -0.39 is 0 Å². The lowest BCUT2D eigenvalue weighted by Crippen LogP contribution is -2.34. The van der Waals surface area contributed by atoms with E-state index in [0.29, 0.717) is 5.92 Å². The molecular weight excluding hydrogens is 304 g/mol. The number of likely N-dealkylation sites (tertiary alicyclic amines) is 1. The summed E-state index contributed by atoms with van der Waals surface area (Å²) in [5.41, 5.74) is 0.925. The summed E-state index contributed by atoms with van der Waals surface area (Å²) in [6.45, 7) is 5.90. The Balaban J connectivity index is 1.41. The third-order valence-electron chi connectivity index (χ3n) is 4.70. The molecule has 126 valence electrons. The van der Waals surface area contributed by atoms with Crippen LogP contribution in [0.1, 0.15) is 43.8 Å². The maximum Gasteiger partial charge on any atom is 0.165 e. The minimum absolute atomic E-state index is 0.463. The summed E-state index contributed by atoms with van der Waals surface area (Å²) < 4.78 is 4.03. The second-order valence-corrected chi connectivity index (χ2v) is 6.36. The van der Waals surface area contributed by atoms with Crippen molar-refractivity contribution in [1.82, 2.24) is 39.7 Å². The first kappa shape index (κ1) is 15.2. The Morgan fingerprint density at radius 1 is 1.12 bits per heavy atom. The zero-order valence-corrected chi connectivity index (χ0v) is 13.9. The third-order valence-corrected chi connectivity index (χ3v) is 4.70. The van der Waals surface area contributed by atoms with Crippen molar-refractivity contribution in [1.29, 1.82) is 0 Å². The maximum atomic E-state index is 4.42. The lowest BCUT2D eigenvalue weighted by atomic mass is 9.96. The Kier molecular flexibility index (Phi) is 4.20. The van der Waals surface area contributed by atoms with Crippen molar-refractivity contribution in [3.63, 3.8) is 0 Å². The van der Waals surface area contributed by atoms with Gasteiger partial charge in [0.05, 0.1) is 6.54 Å². The Morgan fingerprint density at radius 2 is 2.00 bits per heavy atom. The van der Waals surface area contributed by atoms with E-state index >= 15 is 0 Å². The van der Waals surface area contributed by atoms with Crippen molar-refractivity contribution in [2.75, 3.05) is 13.1 Å². The van der Waals surface area contributed by atoms with Gasteiger partial charge in [-0.25, -0.2) is 4.68 Å². The van der Waals surface area contributed by atoms with Crippen LogP contribution in [0, 0.1) is 0 Å². The first-order chi connectivity index (χ1) is 11.8. The van der Waals surface area contributed by atoms with Gasteiger partial charge >= 0.3 is 0 Å². The molecule has 0 amide bonds. The molecule has 0 bridgehead atoms. The molecule has 1 aliphatic heterocycles. The quantitative estimate of drug-likeness (QED) is 0.707. The normalized spacial score (nSPS) is 16.9. The first-order valence-electron chi connectivity index (χ1n) is 8.62. The van der Waals surface area contributed by atoms with E-state index in [9.17, 15) is 0 Å². The molecule has 0 aromatic carbocycles. The van der Waals surface area contributed by atoms with Crippen LogP contribution in [0.2, 0.25) is 0 Å². The van der Waals surface area contributed by atoms with E-state index in [1.54, 1.807) is 0 Å². The third kappa shape index (κ3) is 2.89. The molecular formula is C16H22N8. The van der Waals surface area contributed by atoms with Gasteiger partial charge in [0.1, 0.15) is 5.82 Å². The summed E-state index contributed by atoms with van der Waals surface area (Å²) in [6.07, 6.45) is 5.27. The van der Waals surface area contributed by atoms with E-state index in [4.69, 9.17) is 0 Å². The summed E-state index contributed by atoms with van der Waals surface area (Å²) in [5.74, 6) is 2.51. The van der Waals surface area contributed by atoms with E-state index in [2.05, 4.69) is 48.1 Å². The molecule has 0 saturated carbocycles. The zero-order chi connectivity index (χ0) is 16.4. The molecule has 0 aliphatic carbocycles. The van der Waals surface area contributed by atoms with Gasteiger partial charge in [-0.15, -0.1) is 15.3 Å². The van der Waals surface area contributed by atoms with Crippen molar-refractivity contribution in [2.24, 2.45) is 0 Å². The molecule has 3 aromatic heterocycles. The maximum absolute atomic E-state index is 4.42. The highest BCUT2D eigenvalue weighted by molar-refractivity contribution is 5.37. The zero-order valence-electron chi connectivity index (χ0n) is 13.9. The lowest BCUT2D eigenvalue weighted by Gasteiger charge is -2.30. The fraction of sp³-hybridized carbons (Fsp3) is 0.562. The molecule has 1 aliphatic rings. The number of pyridine rings is 1. The summed E-state index contributed by atoms with van der Waals surface area (Å²) in [7, 11) is 0. The highest BCUT2D eigenvalue weighted by Crippen LogP contribution is 2.27. The van der Waals surface area contributed by atoms with Gasteiger partial charge in [0.2, 0.25) is 0 Å². The molecule has 0 radical (unpaired) electrons. The van der Waals surface area contributed by atoms with Crippen molar-refractivity contribution in [3.8, 4) is 0 Å². The SMILES string of the molecule is CCCn1nnnc1CN1CCC(c2nnc3ccccn23)CC1. The molecule has 24 heavy (non-hydrogen) atoms. The van der Waals surface area contributed by atoms with Gasteiger partial charge in [-0.2, -0.15) is 0 Å². The van der Waals surface area contributed by atoms with Crippen LogP contribution in [0.15, 0.2) is 24.4 Å². The van der Waals surface area contributed by atoms with E-state index in [1.807, 2.05) is 22.9 Å². The number of hydrogen-bond donors (Lipinski definition) is 0. The van der Waals surface area contributed by atoms with Crippen LogP contribution >= 0.6 is 0 Å². The van der Waals surface area contributed by atoms with Crippen LogP contribution in [0.5, 0.6) is 0 Å². The number of aromatic nitrogens is 7. The van der Waals surface area contributed by atoms with Crippen LogP contribution in [0.4, 0.5) is 0 Å². The summed E-state index contributed by atoms with van der Waals surface area (Å²) in [5, 5.41) is 20.7. The Hall–Kier alpha value is -2.35. The first-order valence-corrected chi connectivity index (χ1v) is 8.62. The van der Waals surface area contributed by atoms with E-state index in [1.165, 1.54) is 0 Å². The highest BCUT2D eigenvalue weighted by atomic mass is 15.5. The van der Waals surface area contributed by atoms with Gasteiger partial charge < -0.3 is 0 Å². The van der Waals surface area contributed by atoms with Crippen molar-refractivity contribution < 1.29 is 0 Å². The molecule has 1 saturated heterocycles. The molecule has 4 rings (SSSR count). The number of aryl methyl sites for hydroxylation is 1. The Bertz CT molecular complexity index is 799. The van der Waals surface area contributed by atoms with Crippen molar-refractivity contribution in [2.45, 2.75) is 45.2 Å². The molecule has 8 nitrogen and oxygen atoms in total. The second kappa shape index (κ2) is 6.64. The lowest BCUT2D eigenvalue weighted by molar-refractivity contribution is 0.193. The fourth-order valence-electron chi connectivity index (χ4n) is 3.41. The fourth-order valence-corrected chi connectivity index (χ4v) is 3.41. The number of rotatable bonds is 5. The van der Waals surface area contributed by atoms with E-state index in [0.717, 1.165) is 62.7 Å². The largest absolute Gasteiger partial charge is 0.296 e. The minimum atomic E-state index is 0.463. The van der Waals surface area contributed by atoms with Gasteiger partial charge in [0, 0.05) is 18.7 Å². The highest BCUT2D eigenvalue weighted by Gasteiger charge is 2.25. The Labute approximate surface area is 140 Å². The molecule has 0 spiro atoms. The topological polar surface area (TPSA) is 77.0 Å². The predicted molar refractivity (Wildman–Crippen MR) is 88.3 cm³/mol. The van der Waals surface area contributed by atoms with Gasteiger partial charge in [0.25, 0.3) is 0 Å². The Morgan fingerprint density at radius 3 is 2.83 bits per heavy atom. The minimum Gasteiger partial charge on any atom is -0.296 e. The predicted octanol–water partition coefficient (Wildman–Crippen LogP) is 1.51. The average molecular weight is 326 g/mol.